The molecule has 0 spiro atoms. The zero-order chi connectivity index (χ0) is 23.3. The fourth-order valence-electron chi connectivity index (χ4n) is 3.79. The molecule has 1 aliphatic rings. The largest absolute Gasteiger partial charge is 0.496 e. The maximum atomic E-state index is 13.1. The third-order valence-corrected chi connectivity index (χ3v) is 5.73. The lowest BCUT2D eigenvalue weighted by Gasteiger charge is -2.36. The molecular formula is C25H32N2O5. The van der Waals surface area contributed by atoms with Crippen molar-refractivity contribution in [2.24, 2.45) is 0 Å². The lowest BCUT2D eigenvalue weighted by molar-refractivity contribution is -0.139. The van der Waals surface area contributed by atoms with Crippen molar-refractivity contribution in [1.82, 2.24) is 9.80 Å². The van der Waals surface area contributed by atoms with Gasteiger partial charge in [0.1, 0.15) is 22.8 Å². The van der Waals surface area contributed by atoms with Gasteiger partial charge in [0, 0.05) is 26.2 Å². The van der Waals surface area contributed by atoms with Gasteiger partial charge in [-0.25, -0.2) is 0 Å². The lowest BCUT2D eigenvalue weighted by atomic mass is 10.0. The Morgan fingerprint density at radius 3 is 1.84 bits per heavy atom. The van der Waals surface area contributed by atoms with Gasteiger partial charge in [0.25, 0.3) is 11.8 Å². The molecule has 1 heterocycles. The quantitative estimate of drug-likeness (QED) is 0.658. The summed E-state index contributed by atoms with van der Waals surface area (Å²) in [5, 5.41) is 0. The van der Waals surface area contributed by atoms with Crippen LogP contribution in [0.1, 0.15) is 42.6 Å². The van der Waals surface area contributed by atoms with E-state index in [0.717, 1.165) is 0 Å². The van der Waals surface area contributed by atoms with Gasteiger partial charge in [0.15, 0.2) is 6.10 Å². The SMILES string of the molecule is COc1cccc(OC)c1C(=O)N1CCN(C(=O)C(C)Oc2ccc(C(C)C)cc2)CC1. The molecule has 0 radical (unpaired) electrons. The molecule has 1 fully saturated rings. The van der Waals surface area contributed by atoms with Crippen molar-refractivity contribution in [1.29, 1.82) is 0 Å². The van der Waals surface area contributed by atoms with E-state index in [1.165, 1.54) is 19.8 Å². The molecule has 172 valence electrons. The second-order valence-electron chi connectivity index (χ2n) is 8.14. The number of hydrogen-bond acceptors (Lipinski definition) is 5. The first-order valence-electron chi connectivity index (χ1n) is 10.9. The summed E-state index contributed by atoms with van der Waals surface area (Å²) in [5.74, 6) is 1.81. The van der Waals surface area contributed by atoms with Gasteiger partial charge in [-0.3, -0.25) is 9.59 Å². The average Bonchev–Trinajstić information content (AvgIpc) is 2.82. The Hall–Kier alpha value is -3.22. The van der Waals surface area contributed by atoms with E-state index in [4.69, 9.17) is 14.2 Å². The maximum absolute atomic E-state index is 13.1. The molecule has 7 nitrogen and oxygen atoms in total. The van der Waals surface area contributed by atoms with Crippen molar-refractivity contribution in [2.45, 2.75) is 32.8 Å². The highest BCUT2D eigenvalue weighted by atomic mass is 16.5. The average molecular weight is 441 g/mol. The first kappa shape index (κ1) is 23.4. The number of piperazine rings is 1. The van der Waals surface area contributed by atoms with E-state index in [0.29, 0.717) is 54.9 Å². The summed E-state index contributed by atoms with van der Waals surface area (Å²) in [6.07, 6.45) is -0.600. The standard InChI is InChI=1S/C25H32N2O5/c1-17(2)19-9-11-20(12-10-19)32-18(3)24(28)26-13-15-27(16-14-26)25(29)23-21(30-4)7-6-8-22(23)31-5/h6-12,17-18H,13-16H2,1-5H3. The normalized spacial score (nSPS) is 14.8. The van der Waals surface area contributed by atoms with E-state index in [1.54, 1.807) is 34.9 Å². The molecule has 2 amide bonds. The van der Waals surface area contributed by atoms with Crippen molar-refractivity contribution in [3.05, 3.63) is 53.6 Å². The fourth-order valence-corrected chi connectivity index (χ4v) is 3.79. The van der Waals surface area contributed by atoms with Gasteiger partial charge >= 0.3 is 0 Å². The third-order valence-electron chi connectivity index (χ3n) is 5.73. The smallest absolute Gasteiger partial charge is 0.263 e. The molecule has 0 aromatic heterocycles. The zero-order valence-electron chi connectivity index (χ0n) is 19.5. The van der Waals surface area contributed by atoms with Gasteiger partial charge in [0.05, 0.1) is 14.2 Å². The molecule has 1 saturated heterocycles. The molecule has 2 aromatic carbocycles. The molecule has 0 bridgehead atoms. The van der Waals surface area contributed by atoms with E-state index in [1.807, 2.05) is 24.3 Å². The molecule has 0 N–H and O–H groups in total. The number of rotatable bonds is 7. The summed E-state index contributed by atoms with van der Waals surface area (Å²) >= 11 is 0. The fraction of sp³-hybridized carbons (Fsp3) is 0.440. The molecule has 0 saturated carbocycles. The Labute approximate surface area is 189 Å². The van der Waals surface area contributed by atoms with E-state index in [9.17, 15) is 9.59 Å². The van der Waals surface area contributed by atoms with E-state index < -0.39 is 6.10 Å². The highest BCUT2D eigenvalue weighted by molar-refractivity contribution is 6.00. The molecule has 1 unspecified atom stereocenters. The second kappa shape index (κ2) is 10.4. The summed E-state index contributed by atoms with van der Waals surface area (Å²) in [6, 6.07) is 13.1. The van der Waals surface area contributed by atoms with Gasteiger partial charge in [-0.1, -0.05) is 32.0 Å². The van der Waals surface area contributed by atoms with E-state index in [2.05, 4.69) is 13.8 Å². The van der Waals surface area contributed by atoms with Crippen LogP contribution in [0.25, 0.3) is 0 Å². The summed E-state index contributed by atoms with van der Waals surface area (Å²) < 4.78 is 16.6. The van der Waals surface area contributed by atoms with Crippen LogP contribution < -0.4 is 14.2 Å². The molecular weight excluding hydrogens is 408 g/mol. The zero-order valence-corrected chi connectivity index (χ0v) is 19.5. The van der Waals surface area contributed by atoms with Crippen molar-refractivity contribution in [3.8, 4) is 17.2 Å². The highest BCUT2D eigenvalue weighted by Gasteiger charge is 2.30. The molecule has 3 rings (SSSR count). The summed E-state index contributed by atoms with van der Waals surface area (Å²) in [5.41, 5.74) is 1.63. The van der Waals surface area contributed by atoms with E-state index in [-0.39, 0.29) is 11.8 Å². The van der Waals surface area contributed by atoms with Crippen LogP contribution in [0.15, 0.2) is 42.5 Å². The Bertz CT molecular complexity index is 912. The van der Waals surface area contributed by atoms with Gasteiger partial charge < -0.3 is 24.0 Å². The number of methoxy groups -OCH3 is 2. The second-order valence-corrected chi connectivity index (χ2v) is 8.14. The minimum Gasteiger partial charge on any atom is -0.496 e. The van der Waals surface area contributed by atoms with Crippen molar-refractivity contribution in [3.63, 3.8) is 0 Å². The third kappa shape index (κ3) is 5.15. The van der Waals surface area contributed by atoms with Gasteiger partial charge in [0.2, 0.25) is 0 Å². The predicted molar refractivity (Wildman–Crippen MR) is 123 cm³/mol. The van der Waals surface area contributed by atoms with Crippen LogP contribution in [0, 0.1) is 0 Å². The Balaban J connectivity index is 1.59. The Kier molecular flexibility index (Phi) is 7.62. The van der Waals surface area contributed by atoms with Gasteiger partial charge in [-0.2, -0.15) is 0 Å². The molecule has 1 aliphatic heterocycles. The predicted octanol–water partition coefficient (Wildman–Crippen LogP) is 3.58. The molecule has 0 aliphatic carbocycles. The van der Waals surface area contributed by atoms with Crippen LogP contribution in [0.2, 0.25) is 0 Å². The van der Waals surface area contributed by atoms with Gasteiger partial charge in [-0.05, 0) is 42.7 Å². The lowest BCUT2D eigenvalue weighted by Crippen LogP contribution is -2.53. The van der Waals surface area contributed by atoms with Crippen molar-refractivity contribution in [2.75, 3.05) is 40.4 Å². The van der Waals surface area contributed by atoms with Crippen LogP contribution in [0.4, 0.5) is 0 Å². The van der Waals surface area contributed by atoms with E-state index >= 15 is 0 Å². The maximum Gasteiger partial charge on any atom is 0.263 e. The molecule has 1 atom stereocenters. The van der Waals surface area contributed by atoms with Gasteiger partial charge in [-0.15, -0.1) is 0 Å². The minimum atomic E-state index is -0.600. The van der Waals surface area contributed by atoms with Crippen molar-refractivity contribution >= 4 is 11.8 Å². The summed E-state index contributed by atoms with van der Waals surface area (Å²) in [7, 11) is 3.06. The monoisotopic (exact) mass is 440 g/mol. The van der Waals surface area contributed by atoms with Crippen LogP contribution in [0.5, 0.6) is 17.2 Å². The van der Waals surface area contributed by atoms with Crippen LogP contribution >= 0.6 is 0 Å². The Morgan fingerprint density at radius 1 is 0.812 bits per heavy atom. The molecule has 7 heteroatoms. The molecule has 2 aromatic rings. The number of carbonyl (C=O) groups excluding carboxylic acids is 2. The summed E-state index contributed by atoms with van der Waals surface area (Å²) in [4.78, 5) is 29.5. The van der Waals surface area contributed by atoms with Crippen LogP contribution in [-0.2, 0) is 4.79 Å². The highest BCUT2D eigenvalue weighted by Crippen LogP contribution is 2.30. The number of nitrogens with zero attached hydrogens (tertiary/aromatic N) is 2. The first-order valence-corrected chi connectivity index (χ1v) is 10.9. The van der Waals surface area contributed by atoms with Crippen LogP contribution in [-0.4, -0.2) is 68.1 Å². The van der Waals surface area contributed by atoms with Crippen LogP contribution in [0.3, 0.4) is 0 Å². The molecule has 32 heavy (non-hydrogen) atoms. The summed E-state index contributed by atoms with van der Waals surface area (Å²) in [6.45, 7) is 7.79. The number of amides is 2. The minimum absolute atomic E-state index is 0.0834. The number of benzene rings is 2. The topological polar surface area (TPSA) is 68.3 Å². The number of hydrogen-bond donors (Lipinski definition) is 0. The number of ether oxygens (including phenoxy) is 3. The first-order chi connectivity index (χ1) is 15.3. The Morgan fingerprint density at radius 2 is 1.34 bits per heavy atom. The van der Waals surface area contributed by atoms with Crippen molar-refractivity contribution < 1.29 is 23.8 Å². The number of carbonyl (C=O) groups is 2.